The summed E-state index contributed by atoms with van der Waals surface area (Å²) in [5, 5.41) is 0. The number of carbonyl (C=O) groups excluding carboxylic acids is 2. The van der Waals surface area contributed by atoms with E-state index in [1.807, 2.05) is 0 Å². The highest BCUT2D eigenvalue weighted by Gasteiger charge is 2.32. The molecule has 0 unspecified atom stereocenters. The van der Waals surface area contributed by atoms with Gasteiger partial charge in [-0.15, -0.1) is 0 Å². The quantitative estimate of drug-likeness (QED) is 0.737. The molecule has 0 atom stereocenters. The lowest BCUT2D eigenvalue weighted by Gasteiger charge is -2.35. The van der Waals surface area contributed by atoms with Crippen molar-refractivity contribution in [2.45, 2.75) is 12.8 Å². The molecule has 0 saturated heterocycles. The Morgan fingerprint density at radius 2 is 1.59 bits per heavy atom. The summed E-state index contributed by atoms with van der Waals surface area (Å²) in [7, 11) is 1.55. The monoisotopic (exact) mass is 231 g/mol. The first-order valence-electron chi connectivity index (χ1n) is 5.74. The smallest absolute Gasteiger partial charge is 0.166 e. The van der Waals surface area contributed by atoms with Crippen molar-refractivity contribution >= 4 is 17.3 Å². The van der Waals surface area contributed by atoms with Gasteiger partial charge in [-0.2, -0.15) is 0 Å². The molecule has 0 saturated carbocycles. The van der Waals surface area contributed by atoms with E-state index in [1.54, 1.807) is 19.2 Å². The van der Waals surface area contributed by atoms with Crippen molar-refractivity contribution in [3.05, 3.63) is 23.3 Å². The van der Waals surface area contributed by atoms with Crippen molar-refractivity contribution in [2.75, 3.05) is 25.1 Å². The van der Waals surface area contributed by atoms with Crippen LogP contribution in [0.3, 0.4) is 0 Å². The van der Waals surface area contributed by atoms with Gasteiger partial charge in [0.1, 0.15) is 5.75 Å². The van der Waals surface area contributed by atoms with Crippen LogP contribution < -0.4 is 9.64 Å². The standard InChI is InChI=1S/C13H13NO3/c1-17-8-6-9-11(15)2-4-14-5-3-12(16)10(7-8)13(9)14/h6-7H,2-5H2,1H3. The van der Waals surface area contributed by atoms with E-state index in [0.717, 1.165) is 18.8 Å². The molecule has 1 aromatic carbocycles. The number of hydrogen-bond donors (Lipinski definition) is 0. The van der Waals surface area contributed by atoms with Gasteiger partial charge in [0, 0.05) is 37.1 Å². The fraction of sp³-hybridized carbons (Fsp3) is 0.385. The number of rotatable bonds is 1. The molecule has 88 valence electrons. The molecular weight excluding hydrogens is 218 g/mol. The van der Waals surface area contributed by atoms with Crippen LogP contribution in [0.5, 0.6) is 5.75 Å². The molecule has 2 aliphatic heterocycles. The highest BCUT2D eigenvalue weighted by molar-refractivity contribution is 6.12. The van der Waals surface area contributed by atoms with Crippen molar-refractivity contribution in [1.29, 1.82) is 0 Å². The first-order chi connectivity index (χ1) is 8.20. The average Bonchev–Trinajstić information content (AvgIpc) is 2.36. The van der Waals surface area contributed by atoms with Gasteiger partial charge in [-0.3, -0.25) is 9.59 Å². The fourth-order valence-corrected chi connectivity index (χ4v) is 2.57. The number of ether oxygens (including phenoxy) is 1. The predicted octanol–water partition coefficient (Wildman–Crippen LogP) is 1.67. The van der Waals surface area contributed by atoms with Crippen LogP contribution in [0.1, 0.15) is 33.6 Å². The van der Waals surface area contributed by atoms with E-state index in [0.29, 0.717) is 29.7 Å². The van der Waals surface area contributed by atoms with Crippen LogP contribution in [-0.2, 0) is 0 Å². The molecule has 17 heavy (non-hydrogen) atoms. The Balaban J connectivity index is 2.28. The third-order valence-electron chi connectivity index (χ3n) is 3.45. The topological polar surface area (TPSA) is 46.6 Å². The molecule has 0 radical (unpaired) electrons. The summed E-state index contributed by atoms with van der Waals surface area (Å²) >= 11 is 0. The van der Waals surface area contributed by atoms with Crippen molar-refractivity contribution in [2.24, 2.45) is 0 Å². The maximum absolute atomic E-state index is 11.9. The lowest BCUT2D eigenvalue weighted by molar-refractivity contribution is 0.0969. The minimum Gasteiger partial charge on any atom is -0.497 e. The summed E-state index contributed by atoms with van der Waals surface area (Å²) in [4.78, 5) is 25.9. The van der Waals surface area contributed by atoms with Gasteiger partial charge in [-0.05, 0) is 12.1 Å². The number of hydrogen-bond acceptors (Lipinski definition) is 4. The van der Waals surface area contributed by atoms with Gasteiger partial charge in [0.15, 0.2) is 11.6 Å². The summed E-state index contributed by atoms with van der Waals surface area (Å²) in [6, 6.07) is 3.48. The number of ketones is 2. The number of benzene rings is 1. The molecule has 0 aliphatic carbocycles. The fourth-order valence-electron chi connectivity index (χ4n) is 2.57. The summed E-state index contributed by atoms with van der Waals surface area (Å²) in [5.41, 5.74) is 2.09. The van der Waals surface area contributed by atoms with Crippen LogP contribution in [0.2, 0.25) is 0 Å². The summed E-state index contributed by atoms with van der Waals surface area (Å²) < 4.78 is 5.16. The van der Waals surface area contributed by atoms with Gasteiger partial charge in [-0.25, -0.2) is 0 Å². The number of carbonyl (C=O) groups is 2. The number of nitrogens with zero attached hydrogens (tertiary/aromatic N) is 1. The third kappa shape index (κ3) is 1.44. The summed E-state index contributed by atoms with van der Waals surface area (Å²) in [6.07, 6.45) is 1.04. The minimum absolute atomic E-state index is 0.103. The molecule has 0 aromatic heterocycles. The highest BCUT2D eigenvalue weighted by Crippen LogP contribution is 2.37. The summed E-state index contributed by atoms with van der Waals surface area (Å²) in [6.45, 7) is 1.44. The number of anilines is 1. The molecule has 2 heterocycles. The maximum Gasteiger partial charge on any atom is 0.166 e. The Morgan fingerprint density at radius 3 is 2.06 bits per heavy atom. The van der Waals surface area contributed by atoms with Crippen LogP contribution in [-0.4, -0.2) is 31.8 Å². The molecule has 0 fully saturated rings. The second-order valence-corrected chi connectivity index (χ2v) is 4.40. The number of methoxy groups -OCH3 is 1. The normalized spacial score (nSPS) is 18.1. The lowest BCUT2D eigenvalue weighted by atomic mass is 9.90. The van der Waals surface area contributed by atoms with Crippen LogP contribution in [0, 0.1) is 0 Å². The molecular formula is C13H13NO3. The van der Waals surface area contributed by atoms with E-state index >= 15 is 0 Å². The molecule has 4 nitrogen and oxygen atoms in total. The largest absolute Gasteiger partial charge is 0.497 e. The van der Waals surface area contributed by atoms with Crippen LogP contribution >= 0.6 is 0 Å². The molecule has 0 amide bonds. The Bertz CT molecular complexity index is 480. The summed E-state index contributed by atoms with van der Waals surface area (Å²) in [5.74, 6) is 0.793. The van der Waals surface area contributed by atoms with Crippen LogP contribution in [0.4, 0.5) is 5.69 Å². The Kier molecular flexibility index (Phi) is 2.18. The van der Waals surface area contributed by atoms with Crippen molar-refractivity contribution in [3.8, 4) is 5.75 Å². The van der Waals surface area contributed by atoms with Crippen molar-refractivity contribution in [1.82, 2.24) is 0 Å². The van der Waals surface area contributed by atoms with Gasteiger partial charge in [0.2, 0.25) is 0 Å². The molecule has 2 aliphatic rings. The SMILES string of the molecule is COc1cc2c3c(c1)C(=O)CCN3CCC2=O. The molecule has 1 aromatic rings. The first kappa shape index (κ1) is 10.3. The second-order valence-electron chi connectivity index (χ2n) is 4.40. The molecule has 0 spiro atoms. The Hall–Kier alpha value is -1.84. The van der Waals surface area contributed by atoms with Gasteiger partial charge in [0.25, 0.3) is 0 Å². The third-order valence-corrected chi connectivity index (χ3v) is 3.45. The molecule has 3 rings (SSSR count). The zero-order chi connectivity index (χ0) is 12.0. The molecule has 0 N–H and O–H groups in total. The Morgan fingerprint density at radius 1 is 1.06 bits per heavy atom. The molecule has 4 heteroatoms. The predicted molar refractivity (Wildman–Crippen MR) is 63.1 cm³/mol. The maximum atomic E-state index is 11.9. The van der Waals surface area contributed by atoms with E-state index < -0.39 is 0 Å². The van der Waals surface area contributed by atoms with E-state index in [2.05, 4.69) is 4.90 Å². The van der Waals surface area contributed by atoms with E-state index in [4.69, 9.17) is 4.74 Å². The zero-order valence-electron chi connectivity index (χ0n) is 9.66. The van der Waals surface area contributed by atoms with E-state index in [9.17, 15) is 9.59 Å². The van der Waals surface area contributed by atoms with E-state index in [-0.39, 0.29) is 11.6 Å². The molecule has 0 bridgehead atoms. The van der Waals surface area contributed by atoms with Gasteiger partial charge in [-0.1, -0.05) is 0 Å². The first-order valence-corrected chi connectivity index (χ1v) is 5.74. The average molecular weight is 231 g/mol. The number of Topliss-reactive ketones (excluding diaryl/α,β-unsaturated/α-hetero) is 2. The van der Waals surface area contributed by atoms with Crippen molar-refractivity contribution in [3.63, 3.8) is 0 Å². The van der Waals surface area contributed by atoms with E-state index in [1.165, 1.54) is 0 Å². The second kappa shape index (κ2) is 3.58. The van der Waals surface area contributed by atoms with Gasteiger partial charge < -0.3 is 9.64 Å². The lowest BCUT2D eigenvalue weighted by Crippen LogP contribution is -2.38. The zero-order valence-corrected chi connectivity index (χ0v) is 9.66. The van der Waals surface area contributed by atoms with Gasteiger partial charge >= 0.3 is 0 Å². The van der Waals surface area contributed by atoms with Crippen LogP contribution in [0.15, 0.2) is 12.1 Å². The highest BCUT2D eigenvalue weighted by atomic mass is 16.5. The Labute approximate surface area is 99.2 Å². The van der Waals surface area contributed by atoms with Crippen molar-refractivity contribution < 1.29 is 14.3 Å². The van der Waals surface area contributed by atoms with Crippen LogP contribution in [0.25, 0.3) is 0 Å². The van der Waals surface area contributed by atoms with Gasteiger partial charge in [0.05, 0.1) is 12.8 Å². The minimum atomic E-state index is 0.103.